The topological polar surface area (TPSA) is 33.0 Å². The predicted octanol–water partition coefficient (Wildman–Crippen LogP) is 4.69. The molecule has 0 bridgehead atoms. The normalized spacial score (nSPS) is 11.0. The van der Waals surface area contributed by atoms with Crippen molar-refractivity contribution in [2.45, 2.75) is 12.0 Å². The Morgan fingerprint density at radius 1 is 0.792 bits per heavy atom. The molecule has 0 heterocycles. The zero-order valence-electron chi connectivity index (χ0n) is 13.6. The zero-order chi connectivity index (χ0) is 16.8. The molecule has 0 radical (unpaired) electrons. The molecule has 0 aliphatic rings. The fraction of sp³-hybridized carbons (Fsp3) is 0.136. The highest BCUT2D eigenvalue weighted by Gasteiger charge is 2.34. The molecular formula is C22H19NO. The molecule has 3 aromatic carbocycles. The van der Waals surface area contributed by atoms with Gasteiger partial charge in [-0.2, -0.15) is 5.26 Å². The second kappa shape index (κ2) is 7.12. The van der Waals surface area contributed by atoms with E-state index >= 15 is 0 Å². The molecule has 2 nitrogen and oxygen atoms in total. The van der Waals surface area contributed by atoms with Crippen LogP contribution < -0.4 is 0 Å². The van der Waals surface area contributed by atoms with E-state index in [1.165, 1.54) is 0 Å². The Kier molecular flexibility index (Phi) is 4.74. The van der Waals surface area contributed by atoms with Gasteiger partial charge in [-0.05, 0) is 28.8 Å². The first-order valence-electron chi connectivity index (χ1n) is 7.94. The molecule has 0 fully saturated rings. The van der Waals surface area contributed by atoms with E-state index in [-0.39, 0.29) is 0 Å². The number of nitriles is 1. The van der Waals surface area contributed by atoms with Gasteiger partial charge >= 0.3 is 0 Å². The first-order valence-corrected chi connectivity index (χ1v) is 7.94. The fourth-order valence-corrected chi connectivity index (χ4v) is 3.08. The van der Waals surface area contributed by atoms with Crippen LogP contribution in [0.5, 0.6) is 0 Å². The second-order valence-electron chi connectivity index (χ2n) is 5.75. The van der Waals surface area contributed by atoms with E-state index in [9.17, 15) is 0 Å². The van der Waals surface area contributed by atoms with E-state index in [1.807, 2.05) is 60.7 Å². The molecule has 0 unspecified atom stereocenters. The van der Waals surface area contributed by atoms with E-state index in [2.05, 4.69) is 30.3 Å². The van der Waals surface area contributed by atoms with Crippen molar-refractivity contribution in [3.63, 3.8) is 0 Å². The summed E-state index contributed by atoms with van der Waals surface area (Å²) in [5.41, 5.74) is 3.47. The molecule has 0 aliphatic heterocycles. The minimum Gasteiger partial charge on any atom is -0.368 e. The number of benzene rings is 3. The summed E-state index contributed by atoms with van der Waals surface area (Å²) in [6.45, 7) is 0. The van der Waals surface area contributed by atoms with Crippen molar-refractivity contribution in [3.8, 4) is 6.07 Å². The van der Waals surface area contributed by atoms with Crippen molar-refractivity contribution < 1.29 is 4.74 Å². The Bertz CT molecular complexity index is 778. The van der Waals surface area contributed by atoms with E-state index in [0.717, 1.165) is 16.7 Å². The van der Waals surface area contributed by atoms with Gasteiger partial charge in [-0.1, -0.05) is 72.8 Å². The van der Waals surface area contributed by atoms with Gasteiger partial charge in [0.25, 0.3) is 0 Å². The maximum Gasteiger partial charge on any atom is 0.122 e. The molecule has 0 amide bonds. The van der Waals surface area contributed by atoms with Gasteiger partial charge in [0.2, 0.25) is 0 Å². The van der Waals surface area contributed by atoms with Crippen LogP contribution in [-0.4, -0.2) is 7.11 Å². The monoisotopic (exact) mass is 313 g/mol. The summed E-state index contributed by atoms with van der Waals surface area (Å²) >= 11 is 0. The summed E-state index contributed by atoms with van der Waals surface area (Å²) in [4.78, 5) is 0. The van der Waals surface area contributed by atoms with Crippen molar-refractivity contribution >= 4 is 0 Å². The number of hydrogen-bond donors (Lipinski definition) is 0. The third-order valence-electron chi connectivity index (χ3n) is 4.36. The molecule has 0 aromatic heterocycles. The van der Waals surface area contributed by atoms with Crippen molar-refractivity contribution in [2.75, 3.05) is 7.11 Å². The van der Waals surface area contributed by atoms with E-state index in [4.69, 9.17) is 10.00 Å². The molecule has 3 aromatic rings. The lowest BCUT2D eigenvalue weighted by Gasteiger charge is -2.34. The number of rotatable bonds is 5. The minimum atomic E-state index is -0.559. The highest BCUT2D eigenvalue weighted by Crippen LogP contribution is 2.36. The number of nitrogens with zero attached hydrogens (tertiary/aromatic N) is 1. The molecule has 0 saturated heterocycles. The second-order valence-corrected chi connectivity index (χ2v) is 5.75. The Labute approximate surface area is 143 Å². The van der Waals surface area contributed by atoms with Crippen LogP contribution in [-0.2, 0) is 16.8 Å². The third-order valence-corrected chi connectivity index (χ3v) is 4.36. The molecule has 24 heavy (non-hydrogen) atoms. The van der Waals surface area contributed by atoms with E-state index in [0.29, 0.717) is 12.0 Å². The standard InChI is InChI=1S/C22H19NO/c1-24-22(20-8-4-2-5-9-20,21-10-6-3-7-11-21)16-18-12-14-19(17-23)15-13-18/h2-15H,16H2,1H3. The first-order chi connectivity index (χ1) is 11.8. The maximum absolute atomic E-state index is 8.99. The summed E-state index contributed by atoms with van der Waals surface area (Å²) in [6, 6.07) is 30.4. The molecule has 0 N–H and O–H groups in total. The lowest BCUT2D eigenvalue weighted by atomic mass is 9.81. The van der Waals surface area contributed by atoms with Crippen molar-refractivity contribution in [2.24, 2.45) is 0 Å². The highest BCUT2D eigenvalue weighted by atomic mass is 16.5. The van der Waals surface area contributed by atoms with Gasteiger partial charge < -0.3 is 4.74 Å². The predicted molar refractivity (Wildman–Crippen MR) is 95.5 cm³/mol. The largest absolute Gasteiger partial charge is 0.368 e. The quantitative estimate of drug-likeness (QED) is 0.684. The Morgan fingerprint density at radius 3 is 1.71 bits per heavy atom. The lowest BCUT2D eigenvalue weighted by Crippen LogP contribution is -2.32. The van der Waals surface area contributed by atoms with E-state index in [1.54, 1.807) is 7.11 Å². The van der Waals surface area contributed by atoms with Crippen molar-refractivity contribution in [3.05, 3.63) is 107 Å². The van der Waals surface area contributed by atoms with Crippen LogP contribution in [0, 0.1) is 11.3 Å². The summed E-state index contributed by atoms with van der Waals surface area (Å²) in [5.74, 6) is 0. The minimum absolute atomic E-state index is 0.559. The van der Waals surface area contributed by atoms with Crippen LogP contribution in [0.1, 0.15) is 22.3 Å². The average molecular weight is 313 g/mol. The summed E-state index contributed by atoms with van der Waals surface area (Å²) < 4.78 is 6.11. The van der Waals surface area contributed by atoms with Crippen molar-refractivity contribution in [1.29, 1.82) is 5.26 Å². The Morgan fingerprint density at radius 2 is 1.29 bits per heavy atom. The molecule has 0 saturated carbocycles. The van der Waals surface area contributed by atoms with Crippen LogP contribution >= 0.6 is 0 Å². The molecule has 3 rings (SSSR count). The zero-order valence-corrected chi connectivity index (χ0v) is 13.6. The fourth-order valence-electron chi connectivity index (χ4n) is 3.08. The first kappa shape index (κ1) is 16.0. The molecule has 118 valence electrons. The third kappa shape index (κ3) is 3.08. The summed E-state index contributed by atoms with van der Waals surface area (Å²) in [5, 5.41) is 8.99. The van der Waals surface area contributed by atoms with Gasteiger partial charge in [0.05, 0.1) is 11.6 Å². The Hall–Kier alpha value is -2.89. The molecule has 0 spiro atoms. The lowest BCUT2D eigenvalue weighted by molar-refractivity contribution is 0.0222. The summed E-state index contributed by atoms with van der Waals surface area (Å²) in [7, 11) is 1.75. The van der Waals surface area contributed by atoms with Crippen molar-refractivity contribution in [1.82, 2.24) is 0 Å². The van der Waals surface area contributed by atoms with Crippen LogP contribution in [0.15, 0.2) is 84.9 Å². The van der Waals surface area contributed by atoms with Gasteiger partial charge in [-0.3, -0.25) is 0 Å². The maximum atomic E-state index is 8.99. The number of methoxy groups -OCH3 is 1. The molecule has 0 aliphatic carbocycles. The average Bonchev–Trinajstić information content (AvgIpc) is 2.68. The van der Waals surface area contributed by atoms with Crippen LogP contribution in [0.3, 0.4) is 0 Å². The SMILES string of the molecule is COC(Cc1ccc(C#N)cc1)(c1ccccc1)c1ccccc1. The highest BCUT2D eigenvalue weighted by molar-refractivity contribution is 5.40. The number of hydrogen-bond acceptors (Lipinski definition) is 2. The van der Waals surface area contributed by atoms with Crippen LogP contribution in [0.2, 0.25) is 0 Å². The van der Waals surface area contributed by atoms with Gasteiger partial charge in [0.1, 0.15) is 5.60 Å². The molecular weight excluding hydrogens is 294 g/mol. The van der Waals surface area contributed by atoms with Gasteiger partial charge in [0.15, 0.2) is 0 Å². The van der Waals surface area contributed by atoms with Gasteiger partial charge in [-0.25, -0.2) is 0 Å². The van der Waals surface area contributed by atoms with Gasteiger partial charge in [-0.15, -0.1) is 0 Å². The van der Waals surface area contributed by atoms with E-state index < -0.39 is 5.60 Å². The van der Waals surface area contributed by atoms with Crippen LogP contribution in [0.4, 0.5) is 0 Å². The molecule has 0 atom stereocenters. The Balaban J connectivity index is 2.09. The smallest absolute Gasteiger partial charge is 0.122 e. The molecule has 2 heteroatoms. The summed E-state index contributed by atoms with van der Waals surface area (Å²) in [6.07, 6.45) is 0.698. The number of ether oxygens (including phenoxy) is 1. The van der Waals surface area contributed by atoms with Crippen LogP contribution in [0.25, 0.3) is 0 Å². The van der Waals surface area contributed by atoms with Gasteiger partial charge in [0, 0.05) is 13.5 Å².